The summed E-state index contributed by atoms with van der Waals surface area (Å²) >= 11 is 0. The Morgan fingerprint density at radius 3 is 2.80 bits per heavy atom. The molecule has 2 aromatic heterocycles. The molecule has 0 aliphatic carbocycles. The minimum atomic E-state index is -0.334. The lowest BCUT2D eigenvalue weighted by atomic mass is 10.2. The van der Waals surface area contributed by atoms with Gasteiger partial charge in [-0.3, -0.25) is 9.36 Å². The molecule has 1 aromatic carbocycles. The van der Waals surface area contributed by atoms with Crippen LogP contribution in [0.1, 0.15) is 16.9 Å². The lowest BCUT2D eigenvalue weighted by Gasteiger charge is -2.06. The van der Waals surface area contributed by atoms with Gasteiger partial charge in [-0.2, -0.15) is 0 Å². The van der Waals surface area contributed by atoms with Crippen molar-refractivity contribution in [2.45, 2.75) is 20.4 Å². The molecule has 20 heavy (non-hydrogen) atoms. The van der Waals surface area contributed by atoms with Crippen molar-refractivity contribution in [2.75, 3.05) is 0 Å². The molecule has 0 amide bonds. The van der Waals surface area contributed by atoms with Gasteiger partial charge in [-0.15, -0.1) is 0 Å². The summed E-state index contributed by atoms with van der Waals surface area (Å²) in [5.74, 6) is 0.341. The highest BCUT2D eigenvalue weighted by atomic mass is 19.1. The zero-order chi connectivity index (χ0) is 14.3. The topological polar surface area (TPSA) is 48.0 Å². The van der Waals surface area contributed by atoms with Gasteiger partial charge in [0.15, 0.2) is 0 Å². The van der Waals surface area contributed by atoms with Crippen molar-refractivity contribution in [1.29, 1.82) is 0 Å². The molecule has 0 bridgehead atoms. The van der Waals surface area contributed by atoms with Gasteiger partial charge in [0.2, 0.25) is 5.71 Å². The van der Waals surface area contributed by atoms with Gasteiger partial charge >= 0.3 is 0 Å². The van der Waals surface area contributed by atoms with Crippen LogP contribution < -0.4 is 5.56 Å². The molecule has 102 valence electrons. The van der Waals surface area contributed by atoms with Crippen LogP contribution in [0.4, 0.5) is 4.39 Å². The predicted molar refractivity (Wildman–Crippen MR) is 73.2 cm³/mol. The van der Waals surface area contributed by atoms with E-state index >= 15 is 0 Å². The van der Waals surface area contributed by atoms with E-state index in [1.54, 1.807) is 25.1 Å². The van der Waals surface area contributed by atoms with Crippen LogP contribution in [0.3, 0.4) is 0 Å². The Morgan fingerprint density at radius 2 is 2.05 bits per heavy atom. The molecule has 2 heterocycles. The molecule has 0 radical (unpaired) electrons. The Kier molecular flexibility index (Phi) is 2.89. The van der Waals surface area contributed by atoms with E-state index in [1.807, 2.05) is 6.92 Å². The molecule has 3 rings (SSSR count). The second-order valence-electron chi connectivity index (χ2n) is 4.73. The maximum atomic E-state index is 13.6. The molecule has 0 aliphatic heterocycles. The number of halogens is 1. The molecular formula is C15H13FN2O2. The highest BCUT2D eigenvalue weighted by Crippen LogP contribution is 2.19. The Labute approximate surface area is 114 Å². The lowest BCUT2D eigenvalue weighted by Crippen LogP contribution is -2.21. The molecular weight excluding hydrogens is 259 g/mol. The SMILES string of the molecule is Cc1oc2ncn(Cc3ccccc3F)c(=O)c2c1C. The van der Waals surface area contributed by atoms with E-state index in [0.29, 0.717) is 22.4 Å². The Bertz CT molecular complexity index is 849. The third-order valence-corrected chi connectivity index (χ3v) is 3.45. The van der Waals surface area contributed by atoms with Crippen LogP contribution in [0, 0.1) is 19.7 Å². The monoisotopic (exact) mass is 272 g/mol. The number of fused-ring (bicyclic) bond motifs is 1. The average Bonchev–Trinajstić information content (AvgIpc) is 2.72. The summed E-state index contributed by atoms with van der Waals surface area (Å²) < 4.78 is 20.5. The number of hydrogen-bond donors (Lipinski definition) is 0. The Morgan fingerprint density at radius 1 is 1.30 bits per heavy atom. The molecule has 0 aliphatic rings. The van der Waals surface area contributed by atoms with Crippen LogP contribution in [-0.4, -0.2) is 9.55 Å². The van der Waals surface area contributed by atoms with E-state index in [-0.39, 0.29) is 17.9 Å². The summed E-state index contributed by atoms with van der Waals surface area (Å²) in [6.45, 7) is 3.76. The second-order valence-corrected chi connectivity index (χ2v) is 4.73. The molecule has 0 fully saturated rings. The van der Waals surface area contributed by atoms with Crippen molar-refractivity contribution < 1.29 is 8.81 Å². The average molecular weight is 272 g/mol. The van der Waals surface area contributed by atoms with Gasteiger partial charge in [-0.25, -0.2) is 9.37 Å². The largest absolute Gasteiger partial charge is 0.443 e. The minimum Gasteiger partial charge on any atom is -0.443 e. The maximum Gasteiger partial charge on any atom is 0.265 e. The van der Waals surface area contributed by atoms with Crippen LogP contribution in [0.25, 0.3) is 11.1 Å². The van der Waals surface area contributed by atoms with Crippen LogP contribution in [0.5, 0.6) is 0 Å². The number of hydrogen-bond acceptors (Lipinski definition) is 3. The number of aromatic nitrogens is 2. The van der Waals surface area contributed by atoms with Gasteiger partial charge < -0.3 is 4.42 Å². The summed E-state index contributed by atoms with van der Waals surface area (Å²) in [6, 6.07) is 6.38. The fourth-order valence-electron chi connectivity index (χ4n) is 2.19. The Balaban J connectivity index is 2.14. The highest BCUT2D eigenvalue weighted by molar-refractivity contribution is 5.77. The van der Waals surface area contributed by atoms with Gasteiger partial charge in [0.1, 0.15) is 23.3 Å². The summed E-state index contributed by atoms with van der Waals surface area (Å²) in [6.07, 6.45) is 1.39. The molecule has 0 atom stereocenters. The molecule has 0 unspecified atom stereocenters. The van der Waals surface area contributed by atoms with Gasteiger partial charge in [-0.1, -0.05) is 18.2 Å². The number of nitrogens with zero attached hydrogens (tertiary/aromatic N) is 2. The van der Waals surface area contributed by atoms with E-state index in [0.717, 1.165) is 5.56 Å². The summed E-state index contributed by atoms with van der Waals surface area (Å²) in [7, 11) is 0. The first kappa shape index (κ1) is 12.6. The molecule has 4 nitrogen and oxygen atoms in total. The first-order valence-electron chi connectivity index (χ1n) is 6.26. The van der Waals surface area contributed by atoms with Gasteiger partial charge in [0.05, 0.1) is 6.54 Å². The van der Waals surface area contributed by atoms with Crippen molar-refractivity contribution in [3.63, 3.8) is 0 Å². The van der Waals surface area contributed by atoms with Crippen molar-refractivity contribution in [3.8, 4) is 0 Å². The molecule has 3 aromatic rings. The van der Waals surface area contributed by atoms with Gasteiger partial charge in [0.25, 0.3) is 5.56 Å². The minimum absolute atomic E-state index is 0.151. The number of rotatable bonds is 2. The first-order chi connectivity index (χ1) is 9.58. The maximum absolute atomic E-state index is 13.6. The van der Waals surface area contributed by atoms with E-state index in [4.69, 9.17) is 4.42 Å². The zero-order valence-corrected chi connectivity index (χ0v) is 11.2. The van der Waals surface area contributed by atoms with Crippen LogP contribution in [-0.2, 0) is 6.54 Å². The molecule has 0 saturated heterocycles. The van der Waals surface area contributed by atoms with Gasteiger partial charge in [0, 0.05) is 11.1 Å². The van der Waals surface area contributed by atoms with Crippen LogP contribution in [0.2, 0.25) is 0 Å². The fraction of sp³-hybridized carbons (Fsp3) is 0.200. The Hall–Kier alpha value is -2.43. The zero-order valence-electron chi connectivity index (χ0n) is 11.2. The number of aryl methyl sites for hydroxylation is 2. The highest BCUT2D eigenvalue weighted by Gasteiger charge is 2.14. The third-order valence-electron chi connectivity index (χ3n) is 3.45. The molecule has 0 spiro atoms. The van der Waals surface area contributed by atoms with Crippen molar-refractivity contribution in [2.24, 2.45) is 0 Å². The van der Waals surface area contributed by atoms with E-state index in [2.05, 4.69) is 4.98 Å². The number of furan rings is 1. The van der Waals surface area contributed by atoms with Gasteiger partial charge in [-0.05, 0) is 19.9 Å². The molecule has 0 saturated carbocycles. The number of benzene rings is 1. The van der Waals surface area contributed by atoms with Crippen LogP contribution >= 0.6 is 0 Å². The second kappa shape index (κ2) is 4.59. The van der Waals surface area contributed by atoms with Crippen molar-refractivity contribution in [3.05, 3.63) is 63.7 Å². The summed E-state index contributed by atoms with van der Waals surface area (Å²) in [5, 5.41) is 0.460. The fourth-order valence-corrected chi connectivity index (χ4v) is 2.19. The normalized spacial score (nSPS) is 11.2. The smallest absolute Gasteiger partial charge is 0.265 e. The quantitative estimate of drug-likeness (QED) is 0.720. The predicted octanol–water partition coefficient (Wildman–Crippen LogP) is 2.79. The van der Waals surface area contributed by atoms with E-state index < -0.39 is 0 Å². The first-order valence-corrected chi connectivity index (χ1v) is 6.26. The lowest BCUT2D eigenvalue weighted by molar-refractivity contribution is 0.559. The molecule has 0 N–H and O–H groups in total. The third kappa shape index (κ3) is 1.91. The molecule has 5 heteroatoms. The van der Waals surface area contributed by atoms with Crippen molar-refractivity contribution >= 4 is 11.1 Å². The van der Waals surface area contributed by atoms with Crippen LogP contribution in [0.15, 0.2) is 39.8 Å². The van der Waals surface area contributed by atoms with E-state index in [9.17, 15) is 9.18 Å². The summed E-state index contributed by atoms with van der Waals surface area (Å²) in [4.78, 5) is 16.5. The van der Waals surface area contributed by atoms with E-state index in [1.165, 1.54) is 17.0 Å². The van der Waals surface area contributed by atoms with Crippen molar-refractivity contribution in [1.82, 2.24) is 9.55 Å². The summed E-state index contributed by atoms with van der Waals surface area (Å²) in [5.41, 5.74) is 1.34. The standard InChI is InChI=1S/C15H13FN2O2/c1-9-10(2)20-14-13(9)15(19)18(8-17-14)7-11-5-3-4-6-12(11)16/h3-6,8H,7H2,1-2H3.